The van der Waals surface area contributed by atoms with Gasteiger partial charge in [-0.1, -0.05) is 17.7 Å². The van der Waals surface area contributed by atoms with Gasteiger partial charge in [-0.15, -0.1) is 0 Å². The van der Waals surface area contributed by atoms with Crippen molar-refractivity contribution in [2.45, 2.75) is 6.92 Å². The van der Waals surface area contributed by atoms with Crippen LogP contribution in [0.5, 0.6) is 17.2 Å². The molecule has 2 aromatic rings. The number of nitrogens with zero attached hydrogens (tertiary/aromatic N) is 1. The van der Waals surface area contributed by atoms with E-state index in [4.69, 9.17) is 25.8 Å². The molecule has 0 atom stereocenters. The molecule has 9 heteroatoms. The third kappa shape index (κ3) is 3.57. The number of barbiturate groups is 1. The maximum absolute atomic E-state index is 13.1. The number of urea groups is 1. The molecule has 2 aromatic carbocycles. The number of ether oxygens (including phenoxy) is 3. The number of hydrogen-bond acceptors (Lipinski definition) is 6. The van der Waals surface area contributed by atoms with Crippen LogP contribution in [0.1, 0.15) is 11.1 Å². The van der Waals surface area contributed by atoms with Gasteiger partial charge in [0, 0.05) is 10.6 Å². The van der Waals surface area contributed by atoms with Crippen LogP contribution in [-0.2, 0) is 9.59 Å². The van der Waals surface area contributed by atoms with Crippen LogP contribution in [-0.4, -0.2) is 39.2 Å². The number of amides is 4. The van der Waals surface area contributed by atoms with Crippen LogP contribution in [0.3, 0.4) is 0 Å². The third-order valence-corrected chi connectivity index (χ3v) is 5.03. The molecular formula is C21H19ClN2O6. The third-order valence-electron chi connectivity index (χ3n) is 4.62. The summed E-state index contributed by atoms with van der Waals surface area (Å²) in [5, 5.41) is 2.57. The minimum atomic E-state index is -0.855. The molecule has 0 unspecified atom stereocenters. The quantitative estimate of drug-likeness (QED) is 0.577. The molecule has 1 heterocycles. The maximum Gasteiger partial charge on any atom is 0.335 e. The zero-order valence-corrected chi connectivity index (χ0v) is 17.5. The number of anilines is 1. The lowest BCUT2D eigenvalue weighted by Crippen LogP contribution is -2.54. The number of methoxy groups -OCH3 is 3. The molecule has 156 valence electrons. The number of hydrogen-bond donors (Lipinski definition) is 1. The smallest absolute Gasteiger partial charge is 0.335 e. The first kappa shape index (κ1) is 21.2. The van der Waals surface area contributed by atoms with Crippen molar-refractivity contribution in [2.75, 3.05) is 26.2 Å². The van der Waals surface area contributed by atoms with Gasteiger partial charge >= 0.3 is 6.03 Å². The van der Waals surface area contributed by atoms with Gasteiger partial charge in [-0.25, -0.2) is 9.69 Å². The molecule has 0 spiro atoms. The van der Waals surface area contributed by atoms with Crippen molar-refractivity contribution in [3.8, 4) is 17.2 Å². The second kappa shape index (κ2) is 8.46. The Bertz CT molecular complexity index is 1080. The lowest BCUT2D eigenvalue weighted by atomic mass is 10.0. The van der Waals surface area contributed by atoms with Gasteiger partial charge in [0.2, 0.25) is 5.75 Å². The molecule has 1 N–H and O–H groups in total. The number of carbonyl (C=O) groups excluding carboxylic acids is 3. The van der Waals surface area contributed by atoms with E-state index in [1.807, 2.05) is 0 Å². The summed E-state index contributed by atoms with van der Waals surface area (Å²) in [5.41, 5.74) is 0.952. The van der Waals surface area contributed by atoms with Gasteiger partial charge < -0.3 is 14.2 Å². The number of benzene rings is 2. The average Bonchev–Trinajstić information content (AvgIpc) is 2.73. The molecule has 0 radical (unpaired) electrons. The highest BCUT2D eigenvalue weighted by Crippen LogP contribution is 2.41. The highest BCUT2D eigenvalue weighted by Gasteiger charge is 2.38. The normalized spacial score (nSPS) is 15.3. The molecule has 4 amide bonds. The topological polar surface area (TPSA) is 94.2 Å². The van der Waals surface area contributed by atoms with Crippen LogP contribution in [0.2, 0.25) is 5.02 Å². The number of nitrogens with one attached hydrogen (secondary N) is 1. The fraction of sp³-hybridized carbons (Fsp3) is 0.190. The van der Waals surface area contributed by atoms with Gasteiger partial charge in [-0.2, -0.15) is 0 Å². The lowest BCUT2D eigenvalue weighted by molar-refractivity contribution is -0.122. The van der Waals surface area contributed by atoms with Crippen LogP contribution in [0.4, 0.5) is 10.5 Å². The van der Waals surface area contributed by atoms with E-state index < -0.39 is 17.8 Å². The zero-order chi connectivity index (χ0) is 22.0. The van der Waals surface area contributed by atoms with Crippen molar-refractivity contribution in [2.24, 2.45) is 0 Å². The fourth-order valence-electron chi connectivity index (χ4n) is 3.11. The van der Waals surface area contributed by atoms with E-state index >= 15 is 0 Å². The molecule has 0 bridgehead atoms. The monoisotopic (exact) mass is 430 g/mol. The predicted molar refractivity (Wildman–Crippen MR) is 111 cm³/mol. The molecule has 1 aliphatic rings. The Labute approximate surface area is 178 Å². The summed E-state index contributed by atoms with van der Waals surface area (Å²) in [7, 11) is 4.34. The summed E-state index contributed by atoms with van der Waals surface area (Å²) < 4.78 is 16.0. The molecular weight excluding hydrogens is 412 g/mol. The molecule has 3 rings (SSSR count). The Morgan fingerprint density at radius 3 is 2.30 bits per heavy atom. The van der Waals surface area contributed by atoms with Crippen molar-refractivity contribution in [1.82, 2.24) is 5.32 Å². The fourth-order valence-corrected chi connectivity index (χ4v) is 3.28. The minimum absolute atomic E-state index is 0.250. The molecule has 1 aliphatic heterocycles. The van der Waals surface area contributed by atoms with E-state index in [0.29, 0.717) is 27.6 Å². The van der Waals surface area contributed by atoms with Crippen LogP contribution in [0.15, 0.2) is 35.9 Å². The summed E-state index contributed by atoms with van der Waals surface area (Å²) >= 11 is 6.13. The molecule has 0 aliphatic carbocycles. The Balaban J connectivity index is 2.13. The first-order chi connectivity index (χ1) is 14.3. The molecule has 30 heavy (non-hydrogen) atoms. The van der Waals surface area contributed by atoms with E-state index in [2.05, 4.69) is 5.32 Å². The largest absolute Gasteiger partial charge is 0.493 e. The van der Waals surface area contributed by atoms with Gasteiger partial charge in [-0.05, 0) is 42.8 Å². The van der Waals surface area contributed by atoms with Crippen LogP contribution < -0.4 is 24.4 Å². The number of rotatable bonds is 5. The van der Waals surface area contributed by atoms with Crippen molar-refractivity contribution in [1.29, 1.82) is 0 Å². The minimum Gasteiger partial charge on any atom is -0.493 e. The molecule has 0 saturated carbocycles. The van der Waals surface area contributed by atoms with E-state index in [1.54, 1.807) is 37.3 Å². The maximum atomic E-state index is 13.1. The molecule has 8 nitrogen and oxygen atoms in total. The summed E-state index contributed by atoms with van der Waals surface area (Å²) in [6.07, 6.45) is 1.33. The number of carbonyl (C=O) groups is 3. The molecule has 0 aromatic heterocycles. The average molecular weight is 431 g/mol. The van der Waals surface area contributed by atoms with Crippen LogP contribution in [0.25, 0.3) is 6.08 Å². The lowest BCUT2D eigenvalue weighted by Gasteiger charge is -2.28. The second-order valence-corrected chi connectivity index (χ2v) is 6.67. The molecule has 1 saturated heterocycles. The van der Waals surface area contributed by atoms with Gasteiger partial charge in [0.1, 0.15) is 5.57 Å². The van der Waals surface area contributed by atoms with Gasteiger partial charge in [0.05, 0.1) is 27.0 Å². The summed E-state index contributed by atoms with van der Waals surface area (Å²) in [4.78, 5) is 38.9. The standard InChI is InChI=1S/C21H19ClN2O6/c1-11-14(22)6-5-7-15(11)24-20(26)13(19(25)23-21(24)27)10-12-8-9-16(28-2)18(30-4)17(12)29-3/h5-10H,1-4H3,(H,23,25,27)/b13-10+. The first-order valence-corrected chi connectivity index (χ1v) is 9.17. The molecule has 1 fully saturated rings. The zero-order valence-electron chi connectivity index (χ0n) is 16.7. The van der Waals surface area contributed by atoms with E-state index in [1.165, 1.54) is 27.4 Å². The van der Waals surface area contributed by atoms with Crippen LogP contribution in [0, 0.1) is 6.92 Å². The first-order valence-electron chi connectivity index (χ1n) is 8.79. The Hall–Kier alpha value is -3.52. The van der Waals surface area contributed by atoms with E-state index in [-0.39, 0.29) is 17.0 Å². The predicted octanol–water partition coefficient (Wildman–Crippen LogP) is 3.34. The van der Waals surface area contributed by atoms with E-state index in [0.717, 1.165) is 4.90 Å². The summed E-state index contributed by atoms with van der Waals surface area (Å²) in [5.74, 6) is -0.616. The van der Waals surface area contributed by atoms with Crippen molar-refractivity contribution in [3.63, 3.8) is 0 Å². The van der Waals surface area contributed by atoms with Crippen molar-refractivity contribution < 1.29 is 28.6 Å². The Morgan fingerprint density at radius 2 is 1.67 bits per heavy atom. The Kier molecular flexibility index (Phi) is 5.98. The number of imide groups is 2. The second-order valence-electron chi connectivity index (χ2n) is 6.27. The van der Waals surface area contributed by atoms with Gasteiger partial charge in [0.15, 0.2) is 11.5 Å². The van der Waals surface area contributed by atoms with Gasteiger partial charge in [0.25, 0.3) is 11.8 Å². The van der Waals surface area contributed by atoms with Crippen molar-refractivity contribution in [3.05, 3.63) is 52.1 Å². The van der Waals surface area contributed by atoms with Gasteiger partial charge in [-0.3, -0.25) is 14.9 Å². The highest BCUT2D eigenvalue weighted by atomic mass is 35.5. The number of halogens is 1. The van der Waals surface area contributed by atoms with Crippen LogP contribution >= 0.6 is 11.6 Å². The van der Waals surface area contributed by atoms with Crippen molar-refractivity contribution >= 4 is 41.2 Å². The summed E-state index contributed by atoms with van der Waals surface area (Å²) in [6.45, 7) is 1.68. The Morgan fingerprint density at radius 1 is 0.967 bits per heavy atom. The SMILES string of the molecule is COc1ccc(/C=C2\C(=O)NC(=O)N(c3cccc(Cl)c3C)C2=O)c(OC)c1OC. The summed E-state index contributed by atoms with van der Waals surface area (Å²) in [6, 6.07) is 7.20. The highest BCUT2D eigenvalue weighted by molar-refractivity contribution is 6.40. The van der Waals surface area contributed by atoms with E-state index in [9.17, 15) is 14.4 Å².